The number of rotatable bonds is 7. The summed E-state index contributed by atoms with van der Waals surface area (Å²) < 4.78 is 18.8. The lowest BCUT2D eigenvalue weighted by Crippen LogP contribution is -2.32. The predicted octanol–water partition coefficient (Wildman–Crippen LogP) is 4.24. The van der Waals surface area contributed by atoms with E-state index in [9.17, 15) is 9.18 Å². The number of thioether (sulfide) groups is 1. The van der Waals surface area contributed by atoms with E-state index in [4.69, 9.17) is 4.74 Å². The van der Waals surface area contributed by atoms with Crippen LogP contribution >= 0.6 is 11.8 Å². The largest absolute Gasteiger partial charge is 0.494 e. The third-order valence-corrected chi connectivity index (χ3v) is 5.04. The van der Waals surface area contributed by atoms with Crippen molar-refractivity contribution < 1.29 is 13.9 Å². The van der Waals surface area contributed by atoms with E-state index in [1.165, 1.54) is 23.9 Å². The van der Waals surface area contributed by atoms with Gasteiger partial charge in [-0.05, 0) is 43.7 Å². The van der Waals surface area contributed by atoms with Crippen molar-refractivity contribution in [3.63, 3.8) is 0 Å². The smallest absolute Gasteiger partial charge is 0.235 e. The molecule has 3 rings (SSSR count). The van der Waals surface area contributed by atoms with Crippen LogP contribution in [-0.4, -0.2) is 39.7 Å². The van der Waals surface area contributed by atoms with E-state index >= 15 is 0 Å². The number of nitrogens with one attached hydrogen (secondary N) is 1. The highest BCUT2D eigenvalue weighted by atomic mass is 32.2. The lowest BCUT2D eigenvalue weighted by Gasteiger charge is -2.20. The Bertz CT molecular complexity index is 944. The summed E-state index contributed by atoms with van der Waals surface area (Å²) in [6.45, 7) is 4.74. The quantitative estimate of drug-likeness (QED) is 0.616. The number of ether oxygens (including phenoxy) is 1. The van der Waals surface area contributed by atoms with Gasteiger partial charge in [0.15, 0.2) is 5.16 Å². The minimum Gasteiger partial charge on any atom is -0.494 e. The normalized spacial score (nSPS) is 12.1. The van der Waals surface area contributed by atoms with Gasteiger partial charge in [-0.25, -0.2) is 9.37 Å². The zero-order valence-electron chi connectivity index (χ0n) is 15.5. The van der Waals surface area contributed by atoms with Gasteiger partial charge in [0.05, 0.1) is 22.9 Å². The van der Waals surface area contributed by atoms with Gasteiger partial charge in [0.1, 0.15) is 11.6 Å². The van der Waals surface area contributed by atoms with E-state index in [1.54, 1.807) is 24.1 Å². The van der Waals surface area contributed by atoms with Gasteiger partial charge in [0, 0.05) is 19.7 Å². The number of H-pyrrole nitrogens is 1. The van der Waals surface area contributed by atoms with E-state index < -0.39 is 0 Å². The second-order valence-corrected chi connectivity index (χ2v) is 7.57. The molecule has 0 aliphatic carbocycles. The van der Waals surface area contributed by atoms with Crippen molar-refractivity contribution in [1.29, 1.82) is 0 Å². The van der Waals surface area contributed by atoms with Crippen LogP contribution in [0.4, 0.5) is 4.39 Å². The van der Waals surface area contributed by atoms with Crippen LogP contribution < -0.4 is 4.74 Å². The summed E-state index contributed by atoms with van der Waals surface area (Å²) >= 11 is 1.37. The summed E-state index contributed by atoms with van der Waals surface area (Å²) in [6.07, 6.45) is 0. The van der Waals surface area contributed by atoms with Crippen molar-refractivity contribution in [3.8, 4) is 5.75 Å². The van der Waals surface area contributed by atoms with Crippen LogP contribution in [0.25, 0.3) is 11.0 Å². The monoisotopic (exact) mass is 387 g/mol. The van der Waals surface area contributed by atoms with Gasteiger partial charge in [-0.1, -0.05) is 23.9 Å². The molecule has 0 aliphatic rings. The summed E-state index contributed by atoms with van der Waals surface area (Å²) in [5, 5.41) is 0.356. The zero-order chi connectivity index (χ0) is 19.4. The minimum atomic E-state index is -0.324. The zero-order valence-corrected chi connectivity index (χ0v) is 16.3. The molecule has 1 aromatic heterocycles. The van der Waals surface area contributed by atoms with E-state index in [0.717, 1.165) is 22.3 Å². The van der Waals surface area contributed by atoms with Gasteiger partial charge in [-0.2, -0.15) is 0 Å². The maximum Gasteiger partial charge on any atom is 0.235 e. The molecule has 5 nitrogen and oxygen atoms in total. The van der Waals surface area contributed by atoms with Crippen LogP contribution in [0, 0.1) is 5.82 Å². The Balaban J connectivity index is 1.65. The molecule has 1 heterocycles. The van der Waals surface area contributed by atoms with Crippen LogP contribution in [-0.2, 0) is 11.3 Å². The standard InChI is InChI=1S/C20H22FN3O2S/c1-4-26-16-8-9-17-18(11-16)23-20(22-17)27-13(2)19(25)24(3)12-14-6-5-7-15(21)10-14/h5-11,13H,4,12H2,1-3H3,(H,22,23). The molecule has 7 heteroatoms. The van der Waals surface area contributed by atoms with E-state index in [2.05, 4.69) is 9.97 Å². The van der Waals surface area contributed by atoms with Gasteiger partial charge >= 0.3 is 0 Å². The molecule has 0 fully saturated rings. The molecule has 0 aliphatic heterocycles. The molecule has 142 valence electrons. The fourth-order valence-electron chi connectivity index (χ4n) is 2.79. The SMILES string of the molecule is CCOc1ccc2nc(SC(C)C(=O)N(C)Cc3cccc(F)c3)[nH]c2c1. The molecule has 1 unspecified atom stereocenters. The first-order chi connectivity index (χ1) is 13.0. The first-order valence-electron chi connectivity index (χ1n) is 8.75. The molecule has 0 radical (unpaired) electrons. The maximum absolute atomic E-state index is 13.3. The molecular weight excluding hydrogens is 365 g/mol. The number of carbonyl (C=O) groups excluding carboxylic acids is 1. The number of halogens is 1. The highest BCUT2D eigenvalue weighted by Gasteiger charge is 2.20. The average Bonchev–Trinajstić information content (AvgIpc) is 3.02. The number of aromatic amines is 1. The predicted molar refractivity (Wildman–Crippen MR) is 105 cm³/mol. The lowest BCUT2D eigenvalue weighted by molar-refractivity contribution is -0.129. The number of aromatic nitrogens is 2. The molecule has 0 spiro atoms. The number of fused-ring (bicyclic) bond motifs is 1. The molecular formula is C20H22FN3O2S. The van der Waals surface area contributed by atoms with Gasteiger partial charge < -0.3 is 14.6 Å². The Hall–Kier alpha value is -2.54. The number of benzene rings is 2. The molecule has 2 aromatic carbocycles. The van der Waals surface area contributed by atoms with Crippen molar-refractivity contribution in [2.75, 3.05) is 13.7 Å². The lowest BCUT2D eigenvalue weighted by atomic mass is 10.2. The van der Waals surface area contributed by atoms with Crippen LogP contribution in [0.15, 0.2) is 47.6 Å². The van der Waals surface area contributed by atoms with Crippen molar-refractivity contribution in [3.05, 3.63) is 53.8 Å². The molecule has 0 bridgehead atoms. The van der Waals surface area contributed by atoms with Crippen molar-refractivity contribution in [1.82, 2.24) is 14.9 Å². The number of amides is 1. The van der Waals surface area contributed by atoms with Gasteiger partial charge in [0.25, 0.3) is 0 Å². The van der Waals surface area contributed by atoms with Gasteiger partial charge in [0.2, 0.25) is 5.91 Å². The molecule has 3 aromatic rings. The highest BCUT2D eigenvalue weighted by Crippen LogP contribution is 2.26. The third kappa shape index (κ3) is 4.80. The molecule has 0 saturated carbocycles. The Kier molecular flexibility index (Phi) is 6.01. The Labute approximate surface area is 161 Å². The van der Waals surface area contributed by atoms with E-state index in [0.29, 0.717) is 18.3 Å². The molecule has 1 atom stereocenters. The second kappa shape index (κ2) is 8.43. The van der Waals surface area contributed by atoms with Crippen LogP contribution in [0.3, 0.4) is 0 Å². The maximum atomic E-state index is 13.3. The van der Waals surface area contributed by atoms with E-state index in [1.807, 2.05) is 32.0 Å². The summed E-state index contributed by atoms with van der Waals surface area (Å²) in [5.74, 6) is 0.438. The highest BCUT2D eigenvalue weighted by molar-refractivity contribution is 8.00. The minimum absolute atomic E-state index is 0.0419. The van der Waals surface area contributed by atoms with E-state index in [-0.39, 0.29) is 17.0 Å². The second-order valence-electron chi connectivity index (χ2n) is 6.24. The molecule has 0 saturated heterocycles. The Morgan fingerprint density at radius 1 is 1.33 bits per heavy atom. The number of hydrogen-bond acceptors (Lipinski definition) is 4. The number of carbonyl (C=O) groups is 1. The first kappa shape index (κ1) is 19.2. The summed E-state index contributed by atoms with van der Waals surface area (Å²) in [5.41, 5.74) is 2.46. The average molecular weight is 387 g/mol. The summed E-state index contributed by atoms with van der Waals surface area (Å²) in [4.78, 5) is 22.0. The van der Waals surface area contributed by atoms with Crippen LogP contribution in [0.1, 0.15) is 19.4 Å². The number of nitrogens with zero attached hydrogens (tertiary/aromatic N) is 2. The fourth-order valence-corrected chi connectivity index (χ4v) is 3.73. The Morgan fingerprint density at radius 3 is 2.89 bits per heavy atom. The molecule has 1 N–H and O–H groups in total. The summed E-state index contributed by atoms with van der Waals surface area (Å²) in [7, 11) is 1.72. The van der Waals surface area contributed by atoms with Crippen molar-refractivity contribution >= 4 is 28.7 Å². The first-order valence-corrected chi connectivity index (χ1v) is 9.63. The Morgan fingerprint density at radius 2 is 2.15 bits per heavy atom. The number of hydrogen-bond donors (Lipinski definition) is 1. The molecule has 1 amide bonds. The molecule has 27 heavy (non-hydrogen) atoms. The number of imidazole rings is 1. The fraction of sp³-hybridized carbons (Fsp3) is 0.300. The topological polar surface area (TPSA) is 58.2 Å². The van der Waals surface area contributed by atoms with Crippen LogP contribution in [0.5, 0.6) is 5.75 Å². The van der Waals surface area contributed by atoms with Crippen molar-refractivity contribution in [2.45, 2.75) is 30.8 Å². The van der Waals surface area contributed by atoms with Crippen molar-refractivity contribution in [2.24, 2.45) is 0 Å². The third-order valence-electron chi connectivity index (χ3n) is 4.06. The van der Waals surface area contributed by atoms with Gasteiger partial charge in [-0.15, -0.1) is 0 Å². The summed E-state index contributed by atoms with van der Waals surface area (Å²) in [6, 6.07) is 12.0. The van der Waals surface area contributed by atoms with Gasteiger partial charge in [-0.3, -0.25) is 4.79 Å². The van der Waals surface area contributed by atoms with Crippen LogP contribution in [0.2, 0.25) is 0 Å².